The highest BCUT2D eigenvalue weighted by Gasteiger charge is 2.14. The molecule has 0 amide bonds. The van der Waals surface area contributed by atoms with E-state index in [1.165, 1.54) is 6.08 Å². The summed E-state index contributed by atoms with van der Waals surface area (Å²) in [6.45, 7) is 0. The van der Waals surface area contributed by atoms with Crippen LogP contribution in [-0.2, 0) is 0 Å². The van der Waals surface area contributed by atoms with Gasteiger partial charge in [-0.1, -0.05) is 0 Å². The van der Waals surface area contributed by atoms with Crippen molar-refractivity contribution in [2.75, 3.05) is 0 Å². The molecule has 0 atom stereocenters. The smallest absolute Gasteiger partial charge is 0.419 e. The number of nitrogens with one attached hydrogen (secondary N) is 1. The Morgan fingerprint density at radius 2 is 2.35 bits per heavy atom. The van der Waals surface area contributed by atoms with Crippen molar-refractivity contribution in [3.05, 3.63) is 40.3 Å². The molecule has 3 rings (SSSR count). The molecule has 1 aliphatic heterocycles. The van der Waals surface area contributed by atoms with Crippen molar-refractivity contribution in [1.29, 1.82) is 0 Å². The highest BCUT2D eigenvalue weighted by Crippen LogP contribution is 2.32. The number of nitrogens with zero attached hydrogens (tertiary/aromatic N) is 2. The molecule has 0 bridgehead atoms. The van der Waals surface area contributed by atoms with Crippen LogP contribution in [0.4, 0.5) is 5.69 Å². The minimum atomic E-state index is -0.698. The minimum absolute atomic E-state index is 0.0770. The van der Waals surface area contributed by atoms with Crippen LogP contribution < -0.4 is 5.76 Å². The number of allylic oxidation sites excluding steroid dienone is 1. The van der Waals surface area contributed by atoms with Gasteiger partial charge in [0.05, 0.1) is 5.69 Å². The van der Waals surface area contributed by atoms with Gasteiger partial charge in [-0.2, -0.15) is 0 Å². The molecule has 0 radical (unpaired) electrons. The number of hydrogen-bond donors (Lipinski definition) is 2. The van der Waals surface area contributed by atoms with Gasteiger partial charge in [-0.25, -0.2) is 4.79 Å². The fourth-order valence-corrected chi connectivity index (χ4v) is 1.62. The van der Waals surface area contributed by atoms with Crippen LogP contribution in [0.3, 0.4) is 0 Å². The average Bonchev–Trinajstić information content (AvgIpc) is 2.85. The number of aromatic amines is 1. The molecular weight excluding hydrogens is 222 g/mol. The number of oxazole rings is 1. The van der Waals surface area contributed by atoms with Crippen LogP contribution in [0, 0.1) is 0 Å². The number of rotatable bonds is 1. The predicted molar refractivity (Wildman–Crippen MR) is 61.3 cm³/mol. The van der Waals surface area contributed by atoms with Gasteiger partial charge in [0.15, 0.2) is 5.76 Å². The normalized spacial score (nSPS) is 15.4. The summed E-state index contributed by atoms with van der Waals surface area (Å²) in [6, 6.07) is 1.78. The van der Waals surface area contributed by atoms with E-state index in [-0.39, 0.29) is 11.6 Å². The zero-order valence-electron chi connectivity index (χ0n) is 8.54. The maximum atomic E-state index is 10.9. The van der Waals surface area contributed by atoms with E-state index in [1.54, 1.807) is 24.7 Å². The summed E-state index contributed by atoms with van der Waals surface area (Å²) in [6.07, 6.45) is 6.46. The van der Waals surface area contributed by atoms with Crippen LogP contribution in [0.1, 0.15) is 11.3 Å². The van der Waals surface area contributed by atoms with Crippen molar-refractivity contribution in [1.82, 2.24) is 9.97 Å². The van der Waals surface area contributed by atoms with Gasteiger partial charge in [0.25, 0.3) is 0 Å². The SMILES string of the molecule is O=c1[nH]c(O)c(/C=C2\C=Nc3ccncc32)o1. The number of H-pyrrole nitrogens is 1. The molecule has 6 nitrogen and oxygen atoms in total. The Bertz CT molecular complexity index is 694. The zero-order chi connectivity index (χ0) is 11.8. The first-order chi connectivity index (χ1) is 8.24. The van der Waals surface area contributed by atoms with Crippen molar-refractivity contribution in [3.63, 3.8) is 0 Å². The molecule has 1 aliphatic rings. The molecule has 17 heavy (non-hydrogen) atoms. The summed E-state index contributed by atoms with van der Waals surface area (Å²) < 4.78 is 4.77. The quantitative estimate of drug-likeness (QED) is 0.771. The van der Waals surface area contributed by atoms with Gasteiger partial charge in [-0.3, -0.25) is 15.0 Å². The molecular formula is C11H7N3O3. The van der Waals surface area contributed by atoms with Crippen molar-refractivity contribution < 1.29 is 9.52 Å². The lowest BCUT2D eigenvalue weighted by Gasteiger charge is -1.96. The Balaban J connectivity index is 2.11. The lowest BCUT2D eigenvalue weighted by atomic mass is 10.1. The predicted octanol–water partition coefficient (Wildman–Crippen LogP) is 1.32. The topological polar surface area (TPSA) is 91.5 Å². The number of pyridine rings is 1. The van der Waals surface area contributed by atoms with Crippen LogP contribution in [-0.4, -0.2) is 21.3 Å². The van der Waals surface area contributed by atoms with E-state index in [0.29, 0.717) is 0 Å². The minimum Gasteiger partial charge on any atom is -0.492 e. The van der Waals surface area contributed by atoms with Gasteiger partial charge in [-0.15, -0.1) is 0 Å². The molecule has 0 aromatic carbocycles. The highest BCUT2D eigenvalue weighted by atomic mass is 16.4. The first kappa shape index (κ1) is 9.59. The lowest BCUT2D eigenvalue weighted by molar-refractivity contribution is 0.443. The number of fused-ring (bicyclic) bond motifs is 1. The summed E-state index contributed by atoms with van der Waals surface area (Å²) in [4.78, 5) is 21.2. The van der Waals surface area contributed by atoms with Crippen LogP contribution >= 0.6 is 0 Å². The Kier molecular flexibility index (Phi) is 1.94. The highest BCUT2D eigenvalue weighted by molar-refractivity contribution is 6.21. The van der Waals surface area contributed by atoms with E-state index in [4.69, 9.17) is 4.42 Å². The largest absolute Gasteiger partial charge is 0.492 e. The van der Waals surface area contributed by atoms with Gasteiger partial charge in [0.2, 0.25) is 5.88 Å². The van der Waals surface area contributed by atoms with E-state index in [2.05, 4.69) is 15.0 Å². The second-order valence-corrected chi connectivity index (χ2v) is 3.48. The molecule has 6 heteroatoms. The zero-order valence-corrected chi connectivity index (χ0v) is 8.54. The summed E-state index contributed by atoms with van der Waals surface area (Å²) in [5.41, 5.74) is 2.35. The monoisotopic (exact) mass is 229 g/mol. The maximum Gasteiger partial charge on any atom is 0.419 e. The van der Waals surface area contributed by atoms with E-state index < -0.39 is 5.76 Å². The Morgan fingerprint density at radius 3 is 3.12 bits per heavy atom. The molecule has 0 unspecified atom stereocenters. The van der Waals surface area contributed by atoms with Crippen LogP contribution in [0.15, 0.2) is 32.7 Å². The molecule has 2 aromatic heterocycles. The number of aromatic nitrogens is 2. The van der Waals surface area contributed by atoms with E-state index >= 15 is 0 Å². The summed E-state index contributed by atoms with van der Waals surface area (Å²) in [5, 5.41) is 9.39. The number of aliphatic imine (C=N–C) groups is 1. The lowest BCUT2D eigenvalue weighted by Crippen LogP contribution is -1.92. The van der Waals surface area contributed by atoms with Crippen LogP contribution in [0.5, 0.6) is 5.88 Å². The molecule has 0 spiro atoms. The molecule has 0 aliphatic carbocycles. The molecule has 0 saturated carbocycles. The summed E-state index contributed by atoms with van der Waals surface area (Å²) in [7, 11) is 0. The second-order valence-electron chi connectivity index (χ2n) is 3.48. The summed E-state index contributed by atoms with van der Waals surface area (Å²) in [5.74, 6) is -0.919. The fourth-order valence-electron chi connectivity index (χ4n) is 1.62. The van der Waals surface area contributed by atoms with Gasteiger partial charge >= 0.3 is 5.76 Å². The standard InChI is InChI=1S/C11H7N3O3/c15-10-9(17-11(16)14-10)3-6-4-13-8-1-2-12-5-7(6)8/h1-5,15H,(H,14,16)/b6-3+. The third-order valence-corrected chi connectivity index (χ3v) is 2.39. The second kappa shape index (κ2) is 3.44. The molecule has 2 aromatic rings. The van der Waals surface area contributed by atoms with E-state index in [0.717, 1.165) is 16.8 Å². The molecule has 84 valence electrons. The number of aromatic hydroxyl groups is 1. The Labute approximate surface area is 95.0 Å². The van der Waals surface area contributed by atoms with Crippen LogP contribution in [0.2, 0.25) is 0 Å². The average molecular weight is 229 g/mol. The van der Waals surface area contributed by atoms with Crippen molar-refractivity contribution in [2.45, 2.75) is 0 Å². The van der Waals surface area contributed by atoms with Crippen molar-refractivity contribution >= 4 is 23.6 Å². The van der Waals surface area contributed by atoms with Crippen LogP contribution in [0.25, 0.3) is 11.6 Å². The number of hydrogen-bond acceptors (Lipinski definition) is 5. The molecule has 0 saturated heterocycles. The van der Waals surface area contributed by atoms with Crippen molar-refractivity contribution in [2.24, 2.45) is 4.99 Å². The van der Waals surface area contributed by atoms with Gasteiger partial charge in [-0.05, 0) is 12.1 Å². The Morgan fingerprint density at radius 1 is 1.47 bits per heavy atom. The van der Waals surface area contributed by atoms with Gasteiger partial charge < -0.3 is 9.52 Å². The van der Waals surface area contributed by atoms with Gasteiger partial charge in [0.1, 0.15) is 0 Å². The summed E-state index contributed by atoms with van der Waals surface area (Å²) >= 11 is 0. The molecule has 2 N–H and O–H groups in total. The van der Waals surface area contributed by atoms with E-state index in [9.17, 15) is 9.90 Å². The van der Waals surface area contributed by atoms with E-state index in [1.807, 2.05) is 0 Å². The maximum absolute atomic E-state index is 10.9. The fraction of sp³-hybridized carbons (Fsp3) is 0. The third kappa shape index (κ3) is 1.55. The molecule has 0 fully saturated rings. The van der Waals surface area contributed by atoms with Gasteiger partial charge in [0, 0.05) is 29.7 Å². The molecule has 3 heterocycles. The first-order valence-electron chi connectivity index (χ1n) is 4.86. The van der Waals surface area contributed by atoms with Crippen molar-refractivity contribution in [3.8, 4) is 5.88 Å². The Hall–Kier alpha value is -2.63. The first-order valence-corrected chi connectivity index (χ1v) is 4.86. The third-order valence-electron chi connectivity index (χ3n) is 2.39.